The molecule has 4 aliphatic rings. The number of hydrogen-bond donors (Lipinski definition) is 0. The standard InChI is InChI=1S/C21H27NO3/c1-20-9-7-15-13(3-6-18-21(15,2)10-8-19(23)25-18)14(20)4-5-16(20)17-11-22-12-24-17/h5,11-15,18H,3-4,6-10H2,1-2H3/t13-,14-,15-,18?,20-,21+/m0/s1. The van der Waals surface area contributed by atoms with Crippen LogP contribution in [-0.2, 0) is 9.53 Å². The highest BCUT2D eigenvalue weighted by atomic mass is 16.5. The number of carbonyl (C=O) groups excluding carboxylic acids is 1. The van der Waals surface area contributed by atoms with Gasteiger partial charge in [0.2, 0.25) is 0 Å². The highest BCUT2D eigenvalue weighted by Gasteiger charge is 2.59. The molecule has 1 saturated heterocycles. The third kappa shape index (κ3) is 2.06. The van der Waals surface area contributed by atoms with Gasteiger partial charge in [0.05, 0.1) is 6.20 Å². The third-order valence-corrected chi connectivity index (χ3v) is 8.20. The van der Waals surface area contributed by atoms with Gasteiger partial charge in [-0.1, -0.05) is 19.9 Å². The van der Waals surface area contributed by atoms with Crippen molar-refractivity contribution in [2.45, 2.75) is 64.9 Å². The van der Waals surface area contributed by atoms with Gasteiger partial charge < -0.3 is 9.15 Å². The van der Waals surface area contributed by atoms with Gasteiger partial charge in [0.25, 0.3) is 0 Å². The molecule has 1 unspecified atom stereocenters. The van der Waals surface area contributed by atoms with Crippen LogP contribution in [-0.4, -0.2) is 17.1 Å². The lowest BCUT2D eigenvalue weighted by Crippen LogP contribution is -2.56. The normalized spacial score (nSPS) is 45.8. The van der Waals surface area contributed by atoms with Gasteiger partial charge in [0.15, 0.2) is 12.2 Å². The molecule has 4 nitrogen and oxygen atoms in total. The van der Waals surface area contributed by atoms with Crippen molar-refractivity contribution in [2.24, 2.45) is 28.6 Å². The summed E-state index contributed by atoms with van der Waals surface area (Å²) in [6.45, 7) is 4.83. The van der Waals surface area contributed by atoms with Crippen LogP contribution in [0.5, 0.6) is 0 Å². The summed E-state index contributed by atoms with van der Waals surface area (Å²) in [5.41, 5.74) is 1.75. The Hall–Kier alpha value is -1.58. The lowest BCUT2D eigenvalue weighted by molar-refractivity contribution is -0.189. The van der Waals surface area contributed by atoms with Gasteiger partial charge in [-0.05, 0) is 67.3 Å². The first kappa shape index (κ1) is 15.7. The molecule has 134 valence electrons. The van der Waals surface area contributed by atoms with E-state index in [9.17, 15) is 4.79 Å². The average molecular weight is 341 g/mol. The summed E-state index contributed by atoms with van der Waals surface area (Å²) in [4.78, 5) is 15.9. The molecule has 2 heterocycles. The molecule has 3 fully saturated rings. The van der Waals surface area contributed by atoms with E-state index >= 15 is 0 Å². The Morgan fingerprint density at radius 1 is 1.16 bits per heavy atom. The number of fused-ring (bicyclic) bond motifs is 5. The maximum absolute atomic E-state index is 11.8. The second kappa shape index (κ2) is 5.21. The third-order valence-electron chi connectivity index (χ3n) is 8.20. The molecule has 1 aliphatic heterocycles. The fourth-order valence-electron chi connectivity index (χ4n) is 6.85. The molecule has 0 aromatic carbocycles. The maximum atomic E-state index is 11.8. The zero-order valence-corrected chi connectivity index (χ0v) is 15.2. The minimum Gasteiger partial charge on any atom is -0.462 e. The summed E-state index contributed by atoms with van der Waals surface area (Å²) in [6.07, 6.45) is 13.4. The van der Waals surface area contributed by atoms with Crippen LogP contribution in [0.2, 0.25) is 0 Å². The van der Waals surface area contributed by atoms with Gasteiger partial charge >= 0.3 is 5.97 Å². The van der Waals surface area contributed by atoms with E-state index in [1.54, 1.807) is 6.39 Å². The van der Waals surface area contributed by atoms with E-state index in [4.69, 9.17) is 9.15 Å². The first-order valence-electron chi connectivity index (χ1n) is 9.81. The largest absolute Gasteiger partial charge is 0.462 e. The van der Waals surface area contributed by atoms with Crippen LogP contribution in [0.15, 0.2) is 23.1 Å². The van der Waals surface area contributed by atoms with Crippen molar-refractivity contribution in [3.63, 3.8) is 0 Å². The number of rotatable bonds is 1. The van der Waals surface area contributed by atoms with Crippen molar-refractivity contribution in [1.82, 2.24) is 4.98 Å². The van der Waals surface area contributed by atoms with E-state index in [0.717, 1.165) is 30.9 Å². The first-order chi connectivity index (χ1) is 12.0. The van der Waals surface area contributed by atoms with Crippen LogP contribution in [0.3, 0.4) is 0 Å². The summed E-state index contributed by atoms with van der Waals surface area (Å²) < 4.78 is 11.4. The monoisotopic (exact) mass is 341 g/mol. The Morgan fingerprint density at radius 2 is 2.04 bits per heavy atom. The number of oxazole rings is 1. The smallest absolute Gasteiger partial charge is 0.306 e. The van der Waals surface area contributed by atoms with Crippen molar-refractivity contribution in [3.8, 4) is 0 Å². The van der Waals surface area contributed by atoms with Crippen LogP contribution < -0.4 is 0 Å². The van der Waals surface area contributed by atoms with Gasteiger partial charge in [0.1, 0.15) is 6.10 Å². The molecule has 6 atom stereocenters. The number of carbonyl (C=O) groups is 1. The molecule has 5 rings (SSSR count). The number of nitrogens with zero attached hydrogens (tertiary/aromatic N) is 1. The molecule has 0 radical (unpaired) electrons. The van der Waals surface area contributed by atoms with E-state index in [-0.39, 0.29) is 22.9 Å². The minimum absolute atomic E-state index is 0.0108. The van der Waals surface area contributed by atoms with Crippen LogP contribution in [0.1, 0.15) is 64.6 Å². The molecule has 3 aliphatic carbocycles. The molecule has 2 saturated carbocycles. The summed E-state index contributed by atoms with van der Waals surface area (Å²) in [7, 11) is 0. The van der Waals surface area contributed by atoms with Gasteiger partial charge in [0, 0.05) is 11.8 Å². The number of ether oxygens (including phenoxy) is 1. The second-order valence-electron chi connectivity index (χ2n) is 9.11. The Bertz CT molecular complexity index is 724. The fourth-order valence-corrected chi connectivity index (χ4v) is 6.85. The highest BCUT2D eigenvalue weighted by Crippen LogP contribution is 2.66. The lowest BCUT2D eigenvalue weighted by atomic mass is 9.47. The first-order valence-corrected chi connectivity index (χ1v) is 9.81. The maximum Gasteiger partial charge on any atom is 0.306 e. The Labute approximate surface area is 149 Å². The fraction of sp³-hybridized carbons (Fsp3) is 0.714. The lowest BCUT2D eigenvalue weighted by Gasteiger charge is -2.59. The van der Waals surface area contributed by atoms with Gasteiger partial charge in [-0.15, -0.1) is 0 Å². The number of aromatic nitrogens is 1. The Balaban J connectivity index is 1.45. The second-order valence-corrected chi connectivity index (χ2v) is 9.11. The van der Waals surface area contributed by atoms with Gasteiger partial charge in [-0.25, -0.2) is 4.98 Å². The quantitative estimate of drug-likeness (QED) is 0.700. The minimum atomic E-state index is 0.0108. The van der Waals surface area contributed by atoms with Crippen molar-refractivity contribution in [3.05, 3.63) is 24.4 Å². The average Bonchev–Trinajstić information content (AvgIpc) is 3.22. The number of esters is 1. The molecular formula is C21H27NO3. The van der Waals surface area contributed by atoms with Crippen LogP contribution in [0.4, 0.5) is 0 Å². The topological polar surface area (TPSA) is 52.3 Å². The number of hydrogen-bond acceptors (Lipinski definition) is 4. The van der Waals surface area contributed by atoms with Crippen molar-refractivity contribution >= 4 is 11.5 Å². The van der Waals surface area contributed by atoms with Crippen LogP contribution >= 0.6 is 0 Å². The molecule has 0 spiro atoms. The molecule has 1 aromatic heterocycles. The molecule has 25 heavy (non-hydrogen) atoms. The zero-order valence-electron chi connectivity index (χ0n) is 15.2. The summed E-state index contributed by atoms with van der Waals surface area (Å²) in [5.74, 6) is 3.06. The van der Waals surface area contributed by atoms with E-state index in [1.165, 1.54) is 24.8 Å². The van der Waals surface area contributed by atoms with E-state index in [1.807, 2.05) is 6.20 Å². The van der Waals surface area contributed by atoms with Crippen molar-refractivity contribution in [2.75, 3.05) is 0 Å². The van der Waals surface area contributed by atoms with E-state index < -0.39 is 0 Å². The highest BCUT2D eigenvalue weighted by molar-refractivity contribution is 5.71. The molecule has 4 heteroatoms. The van der Waals surface area contributed by atoms with Gasteiger partial charge in [-0.2, -0.15) is 0 Å². The predicted molar refractivity (Wildman–Crippen MR) is 93.4 cm³/mol. The molecular weight excluding hydrogens is 314 g/mol. The van der Waals surface area contributed by atoms with Crippen molar-refractivity contribution < 1.29 is 13.9 Å². The van der Waals surface area contributed by atoms with E-state index in [2.05, 4.69) is 24.9 Å². The predicted octanol–water partition coefficient (Wildman–Crippen LogP) is 4.62. The van der Waals surface area contributed by atoms with Crippen molar-refractivity contribution in [1.29, 1.82) is 0 Å². The molecule has 0 amide bonds. The molecule has 1 aromatic rings. The SMILES string of the molecule is C[C@]12CCC(=O)OC1CC[C@@H]1[C@@H]2CC[C@]2(C)C(c3cnco3)=CC[C@@H]12. The van der Waals surface area contributed by atoms with Gasteiger partial charge in [-0.3, -0.25) is 4.79 Å². The summed E-state index contributed by atoms with van der Waals surface area (Å²) in [5, 5.41) is 0. The Morgan fingerprint density at radius 3 is 2.84 bits per heavy atom. The van der Waals surface area contributed by atoms with Crippen LogP contribution in [0.25, 0.3) is 5.57 Å². The van der Waals surface area contributed by atoms with E-state index in [0.29, 0.717) is 18.3 Å². The zero-order chi connectivity index (χ0) is 17.2. The summed E-state index contributed by atoms with van der Waals surface area (Å²) in [6, 6.07) is 0. The summed E-state index contributed by atoms with van der Waals surface area (Å²) >= 11 is 0. The molecule has 0 bridgehead atoms. The Kier molecular flexibility index (Phi) is 3.27. The molecule has 0 N–H and O–H groups in total. The van der Waals surface area contributed by atoms with Crippen LogP contribution in [0, 0.1) is 28.6 Å². The number of allylic oxidation sites excluding steroid dienone is 2.